The smallest absolute Gasteiger partial charge is 0.0594 e. The Balaban J connectivity index is 0.000000503. The van der Waals surface area contributed by atoms with Crippen LogP contribution in [0.25, 0.3) is 0 Å². The molecular formula is C77H164N10O. The minimum absolute atomic E-state index is 0.530. The Bertz CT molecular complexity index is 1390. The molecule has 0 aromatic carbocycles. The van der Waals surface area contributed by atoms with Crippen molar-refractivity contribution in [3.8, 4) is 0 Å². The molecule has 0 aliphatic carbocycles. The van der Waals surface area contributed by atoms with Gasteiger partial charge >= 0.3 is 0 Å². The summed E-state index contributed by atoms with van der Waals surface area (Å²) in [6, 6.07) is 0. The molecule has 0 unspecified atom stereocenters. The highest BCUT2D eigenvalue weighted by Crippen LogP contribution is 2.39. The number of ether oxygens (including phenoxy) is 1. The SMILES string of the molecule is CC(C)C(C)(C)C1CCNCC1.CC(C)CC1CCN(C)CC1.CC(C)CC1CCNCC1.CC(C)CCN1CCCC1.CC(C)CCN1CCCCC1.CC(C)CCN1CCN(C)CC1.CC(C)CCN1CCNCC1.CC(C)CCN1CCOCC1. The van der Waals surface area contributed by atoms with E-state index in [2.05, 4.69) is 189 Å². The van der Waals surface area contributed by atoms with Gasteiger partial charge in [0, 0.05) is 65.4 Å². The van der Waals surface area contributed by atoms with E-state index in [-0.39, 0.29) is 0 Å². The Labute approximate surface area is 554 Å². The van der Waals surface area contributed by atoms with E-state index in [1.165, 1.54) is 266 Å². The summed E-state index contributed by atoms with van der Waals surface area (Å²) in [5, 5.41) is 10.2. The van der Waals surface area contributed by atoms with Crippen molar-refractivity contribution in [1.82, 2.24) is 50.2 Å². The Morgan fingerprint density at radius 3 is 1.00 bits per heavy atom. The van der Waals surface area contributed by atoms with Crippen molar-refractivity contribution in [2.24, 2.45) is 70.5 Å². The van der Waals surface area contributed by atoms with Crippen molar-refractivity contribution in [2.45, 2.75) is 240 Å². The number of rotatable bonds is 21. The minimum Gasteiger partial charge on any atom is -0.379 e. The van der Waals surface area contributed by atoms with Gasteiger partial charge in [0.25, 0.3) is 0 Å². The number of nitrogens with one attached hydrogen (secondary N) is 3. The summed E-state index contributed by atoms with van der Waals surface area (Å²) in [4.78, 5) is 17.7. The summed E-state index contributed by atoms with van der Waals surface area (Å²) in [5.41, 5.74) is 0.530. The highest BCUT2D eigenvalue weighted by atomic mass is 16.5. The molecule has 0 bridgehead atoms. The van der Waals surface area contributed by atoms with Gasteiger partial charge in [0.15, 0.2) is 0 Å². The fourth-order valence-electron chi connectivity index (χ4n) is 13.0. The Kier molecular flexibility index (Phi) is 52.3. The van der Waals surface area contributed by atoms with Gasteiger partial charge in [0.2, 0.25) is 0 Å². The number of hydrogen-bond donors (Lipinski definition) is 3. The van der Waals surface area contributed by atoms with Crippen LogP contribution in [0, 0.1) is 70.5 Å². The normalized spacial score (nSPS) is 21.5. The highest BCUT2D eigenvalue weighted by Gasteiger charge is 2.33. The molecule has 0 aromatic rings. The number of piperidine rings is 4. The molecule has 8 fully saturated rings. The van der Waals surface area contributed by atoms with Gasteiger partial charge in [-0.25, -0.2) is 0 Å². The van der Waals surface area contributed by atoms with Gasteiger partial charge in [-0.15, -0.1) is 0 Å². The van der Waals surface area contributed by atoms with E-state index in [1.807, 2.05) is 0 Å². The fraction of sp³-hybridized carbons (Fsp3) is 1.00. The van der Waals surface area contributed by atoms with Gasteiger partial charge in [-0.2, -0.15) is 0 Å². The first-order valence-electron chi connectivity index (χ1n) is 38.5. The maximum Gasteiger partial charge on any atom is 0.0594 e. The van der Waals surface area contributed by atoms with Crippen LogP contribution in [0.3, 0.4) is 0 Å². The lowest BCUT2D eigenvalue weighted by molar-refractivity contribution is 0.0360. The molecule has 8 saturated heterocycles. The molecule has 0 spiro atoms. The number of hydrogen-bond acceptors (Lipinski definition) is 11. The van der Waals surface area contributed by atoms with Crippen LogP contribution in [0.5, 0.6) is 0 Å². The van der Waals surface area contributed by atoms with Crippen LogP contribution in [0.15, 0.2) is 0 Å². The van der Waals surface area contributed by atoms with E-state index in [4.69, 9.17) is 4.74 Å². The van der Waals surface area contributed by atoms with E-state index in [9.17, 15) is 0 Å². The molecule has 8 aliphatic rings. The monoisotopic (exact) mass is 1250 g/mol. The lowest BCUT2D eigenvalue weighted by Gasteiger charge is -2.40. The molecule has 11 nitrogen and oxygen atoms in total. The fourth-order valence-corrected chi connectivity index (χ4v) is 13.0. The van der Waals surface area contributed by atoms with Crippen molar-refractivity contribution in [3.05, 3.63) is 0 Å². The second kappa shape index (κ2) is 53.8. The molecule has 8 rings (SSSR count). The third kappa shape index (κ3) is 49.2. The van der Waals surface area contributed by atoms with Crippen molar-refractivity contribution in [1.29, 1.82) is 0 Å². The number of morpholine rings is 1. The first-order valence-corrected chi connectivity index (χ1v) is 38.5. The molecule has 0 saturated carbocycles. The summed E-state index contributed by atoms with van der Waals surface area (Å²) >= 11 is 0. The molecule has 0 amide bonds. The summed E-state index contributed by atoms with van der Waals surface area (Å²) < 4.78 is 5.26. The molecule has 0 radical (unpaired) electrons. The molecule has 0 aromatic heterocycles. The highest BCUT2D eigenvalue weighted by molar-refractivity contribution is 4.84. The summed E-state index contributed by atoms with van der Waals surface area (Å²) in [6.45, 7) is 75.3. The van der Waals surface area contributed by atoms with E-state index < -0.39 is 0 Å². The number of piperazine rings is 2. The van der Waals surface area contributed by atoms with E-state index in [0.717, 1.165) is 91.4 Å². The van der Waals surface area contributed by atoms with Crippen LogP contribution in [0.2, 0.25) is 0 Å². The zero-order chi connectivity index (χ0) is 65.5. The lowest BCUT2D eigenvalue weighted by Crippen LogP contribution is -2.44. The molecule has 3 N–H and O–H groups in total. The predicted molar refractivity (Wildman–Crippen MR) is 393 cm³/mol. The summed E-state index contributed by atoms with van der Waals surface area (Å²) in [5.74, 6) is 9.84. The summed E-state index contributed by atoms with van der Waals surface area (Å²) in [6.07, 6.45) is 25.2. The molecular weight excluding hydrogens is 1080 g/mol. The van der Waals surface area contributed by atoms with Crippen LogP contribution in [-0.4, -0.2) is 225 Å². The Morgan fingerprint density at radius 2 is 0.636 bits per heavy atom. The van der Waals surface area contributed by atoms with Gasteiger partial charge < -0.3 is 50.1 Å². The van der Waals surface area contributed by atoms with Gasteiger partial charge in [-0.05, 0) is 292 Å². The molecule has 0 atom stereocenters. The van der Waals surface area contributed by atoms with Crippen LogP contribution in [-0.2, 0) is 4.74 Å². The quantitative estimate of drug-likeness (QED) is 0.103. The topological polar surface area (TPSA) is 68.0 Å². The van der Waals surface area contributed by atoms with E-state index in [0.29, 0.717) is 5.41 Å². The van der Waals surface area contributed by atoms with E-state index >= 15 is 0 Å². The zero-order valence-corrected chi connectivity index (χ0v) is 63.7. The third-order valence-corrected chi connectivity index (χ3v) is 20.5. The van der Waals surface area contributed by atoms with Crippen LogP contribution in [0.1, 0.15) is 240 Å². The van der Waals surface area contributed by atoms with Crippen LogP contribution < -0.4 is 16.0 Å². The Hall–Kier alpha value is -0.440. The molecule has 88 heavy (non-hydrogen) atoms. The minimum atomic E-state index is 0.530. The second-order valence-corrected chi connectivity index (χ2v) is 32.8. The summed E-state index contributed by atoms with van der Waals surface area (Å²) in [7, 11) is 4.44. The van der Waals surface area contributed by atoms with Crippen LogP contribution in [0.4, 0.5) is 0 Å². The lowest BCUT2D eigenvalue weighted by atomic mass is 9.67. The third-order valence-electron chi connectivity index (χ3n) is 20.5. The van der Waals surface area contributed by atoms with Gasteiger partial charge in [0.1, 0.15) is 0 Å². The first-order chi connectivity index (χ1) is 41.9. The maximum absolute atomic E-state index is 5.26. The zero-order valence-electron chi connectivity index (χ0n) is 63.7. The molecule has 11 heteroatoms. The largest absolute Gasteiger partial charge is 0.379 e. The Morgan fingerprint density at radius 1 is 0.330 bits per heavy atom. The second-order valence-electron chi connectivity index (χ2n) is 32.8. The van der Waals surface area contributed by atoms with Crippen molar-refractivity contribution >= 4 is 0 Å². The van der Waals surface area contributed by atoms with Crippen molar-refractivity contribution in [2.75, 3.05) is 191 Å². The van der Waals surface area contributed by atoms with Crippen molar-refractivity contribution in [3.63, 3.8) is 0 Å². The number of likely N-dealkylation sites (tertiary alicyclic amines) is 3. The maximum atomic E-state index is 5.26. The molecule has 8 heterocycles. The van der Waals surface area contributed by atoms with Crippen LogP contribution >= 0.6 is 0 Å². The predicted octanol–water partition coefficient (Wildman–Crippen LogP) is 15.3. The molecule has 8 aliphatic heterocycles. The number of nitrogens with zero attached hydrogens (tertiary/aromatic N) is 7. The average Bonchev–Trinajstić information content (AvgIpc) is 3.90. The van der Waals surface area contributed by atoms with Crippen molar-refractivity contribution < 1.29 is 4.74 Å². The first kappa shape index (κ1) is 85.6. The molecule has 528 valence electrons. The van der Waals surface area contributed by atoms with Gasteiger partial charge in [0.05, 0.1) is 13.2 Å². The van der Waals surface area contributed by atoms with Gasteiger partial charge in [-0.3, -0.25) is 4.90 Å². The average molecular weight is 1250 g/mol. The number of likely N-dealkylation sites (N-methyl/N-ethyl adjacent to an activating group) is 1. The van der Waals surface area contributed by atoms with E-state index in [1.54, 1.807) is 0 Å². The standard InChI is InChI=1S/C11H23N.C10H22N2.2C10H21N.C9H20N2.C9H19NO.2C9H19N/c1-9(2)11(3,4)10-5-7-12-8-6-10;1-10(2)4-5-12-8-6-11(3)7-9-12;1-9(2)8-10-4-6-11(3)7-5-10;1-10(2)6-9-11-7-4-3-5-8-11;1-9(2)3-6-11-7-4-10-5-8-11;1-9(2)3-4-10-5-7-11-8-6-10;1-8(2)7-9-3-5-10-6-4-9;1-9(2)5-8-10-6-3-4-7-10/h9-10,12H,5-8H2,1-4H3;10H,4-9H2,1-3H3;9-10H,4-8H2,1-3H3;10H,3-9H2,1-2H3;9-10H,3-8H2,1-2H3;9H,3-8H2,1-2H3;8-10H,3-7H2,1-2H3;9H,3-8H2,1-2H3. The van der Waals surface area contributed by atoms with Gasteiger partial charge in [-0.1, -0.05) is 131 Å².